The van der Waals surface area contributed by atoms with Gasteiger partial charge in [0.1, 0.15) is 5.82 Å². The zero-order valence-electron chi connectivity index (χ0n) is 19.9. The molecule has 7 heteroatoms. The van der Waals surface area contributed by atoms with Crippen molar-refractivity contribution in [3.63, 3.8) is 0 Å². The van der Waals surface area contributed by atoms with Crippen LogP contribution in [0.2, 0.25) is 0 Å². The third kappa shape index (κ3) is 6.58. The van der Waals surface area contributed by atoms with Crippen LogP contribution in [0.15, 0.2) is 65.8 Å². The number of ether oxygens (including phenoxy) is 1. The second-order valence-electron chi connectivity index (χ2n) is 8.51. The van der Waals surface area contributed by atoms with Crippen LogP contribution < -0.4 is 10.2 Å². The van der Waals surface area contributed by atoms with Crippen molar-refractivity contribution < 1.29 is 9.53 Å². The molecule has 3 aromatic rings. The van der Waals surface area contributed by atoms with E-state index >= 15 is 0 Å². The molecule has 2 heterocycles. The number of thioether (sulfide) groups is 1. The van der Waals surface area contributed by atoms with E-state index in [-0.39, 0.29) is 12.0 Å². The van der Waals surface area contributed by atoms with Crippen LogP contribution in [0.1, 0.15) is 42.1 Å². The minimum absolute atomic E-state index is 0.0581. The summed E-state index contributed by atoms with van der Waals surface area (Å²) in [6.07, 6.45) is 3.28. The Kier molecular flexibility index (Phi) is 8.55. The van der Waals surface area contributed by atoms with Crippen molar-refractivity contribution in [2.45, 2.75) is 43.2 Å². The second kappa shape index (κ2) is 12.0. The molecule has 1 aliphatic heterocycles. The smallest absolute Gasteiger partial charge is 0.251 e. The van der Waals surface area contributed by atoms with Gasteiger partial charge in [0.15, 0.2) is 5.16 Å². The number of amides is 1. The number of nitrogens with zero attached hydrogens (tertiary/aromatic N) is 3. The average Bonchev–Trinajstić information content (AvgIpc) is 3.41. The highest BCUT2D eigenvalue weighted by atomic mass is 32.2. The van der Waals surface area contributed by atoms with Crippen molar-refractivity contribution in [2.24, 2.45) is 0 Å². The highest BCUT2D eigenvalue weighted by Gasteiger charge is 2.17. The molecule has 1 amide bonds. The Labute approximate surface area is 206 Å². The van der Waals surface area contributed by atoms with Gasteiger partial charge in [-0.1, -0.05) is 61.2 Å². The minimum atomic E-state index is -0.0581. The highest BCUT2D eigenvalue weighted by molar-refractivity contribution is 7.98. The highest BCUT2D eigenvalue weighted by Crippen LogP contribution is 2.27. The predicted molar refractivity (Wildman–Crippen MR) is 138 cm³/mol. The summed E-state index contributed by atoms with van der Waals surface area (Å²) in [4.78, 5) is 24.2. The van der Waals surface area contributed by atoms with Crippen molar-refractivity contribution in [1.29, 1.82) is 0 Å². The number of carbonyl (C=O) groups excluding carboxylic acids is 1. The van der Waals surface area contributed by atoms with Crippen LogP contribution in [-0.2, 0) is 10.5 Å². The molecule has 4 rings (SSSR count). The molecule has 0 radical (unpaired) electrons. The van der Waals surface area contributed by atoms with Gasteiger partial charge in [-0.2, -0.15) is 0 Å². The maximum Gasteiger partial charge on any atom is 0.251 e. The lowest BCUT2D eigenvalue weighted by molar-refractivity contribution is 0.0858. The van der Waals surface area contributed by atoms with E-state index in [1.807, 2.05) is 42.5 Å². The standard InChI is InChI=1S/C27H32N4O2S/c1-3-15-31(2)25-17-24(21-8-5-4-6-9-21)29-27(30-25)34-19-20-11-13-22(14-12-20)26(32)28-18-23-10-7-16-33-23/h4-6,8-9,11-14,17,23H,3,7,10,15-16,18-19H2,1-2H3,(H,28,32). The fraction of sp³-hybridized carbons (Fsp3) is 0.370. The molecule has 1 aliphatic rings. The van der Waals surface area contributed by atoms with E-state index in [9.17, 15) is 4.79 Å². The van der Waals surface area contributed by atoms with Crippen LogP contribution in [0.25, 0.3) is 11.3 Å². The van der Waals surface area contributed by atoms with E-state index in [4.69, 9.17) is 14.7 Å². The van der Waals surface area contributed by atoms with Gasteiger partial charge in [-0.3, -0.25) is 4.79 Å². The molecular formula is C27H32N4O2S. The maximum absolute atomic E-state index is 12.4. The van der Waals surface area contributed by atoms with E-state index in [0.717, 1.165) is 66.0 Å². The van der Waals surface area contributed by atoms with Gasteiger partial charge in [-0.05, 0) is 37.0 Å². The number of hydrogen-bond acceptors (Lipinski definition) is 6. The third-order valence-electron chi connectivity index (χ3n) is 5.81. The zero-order chi connectivity index (χ0) is 23.8. The Morgan fingerprint density at radius 1 is 1.15 bits per heavy atom. The summed E-state index contributed by atoms with van der Waals surface area (Å²) >= 11 is 1.61. The molecule has 1 aromatic heterocycles. The number of hydrogen-bond donors (Lipinski definition) is 1. The third-order valence-corrected chi connectivity index (χ3v) is 6.73. The molecule has 1 fully saturated rings. The van der Waals surface area contributed by atoms with Crippen LogP contribution in [0.3, 0.4) is 0 Å². The van der Waals surface area contributed by atoms with Crippen molar-refractivity contribution >= 4 is 23.5 Å². The van der Waals surface area contributed by atoms with Gasteiger partial charge in [0.05, 0.1) is 11.8 Å². The van der Waals surface area contributed by atoms with E-state index in [1.165, 1.54) is 0 Å². The molecule has 1 atom stereocenters. The van der Waals surface area contributed by atoms with Gasteiger partial charge in [0.25, 0.3) is 5.91 Å². The largest absolute Gasteiger partial charge is 0.376 e. The molecule has 0 spiro atoms. The normalized spacial score (nSPS) is 15.3. The van der Waals surface area contributed by atoms with Gasteiger partial charge < -0.3 is 15.0 Å². The fourth-order valence-corrected chi connectivity index (χ4v) is 4.70. The first kappa shape index (κ1) is 24.2. The van der Waals surface area contributed by atoms with E-state index in [2.05, 4.69) is 42.4 Å². The number of anilines is 1. The van der Waals surface area contributed by atoms with Crippen LogP contribution in [-0.4, -0.2) is 48.7 Å². The second-order valence-corrected chi connectivity index (χ2v) is 9.45. The molecule has 178 valence electrons. The summed E-state index contributed by atoms with van der Waals surface area (Å²) in [6.45, 7) is 4.46. The zero-order valence-corrected chi connectivity index (χ0v) is 20.7. The van der Waals surface area contributed by atoms with E-state index < -0.39 is 0 Å². The average molecular weight is 477 g/mol. The monoisotopic (exact) mass is 476 g/mol. The Hall–Kier alpha value is -2.90. The maximum atomic E-state index is 12.4. The van der Waals surface area contributed by atoms with Crippen LogP contribution >= 0.6 is 11.8 Å². The molecule has 6 nitrogen and oxygen atoms in total. The first-order valence-corrected chi connectivity index (χ1v) is 12.9. The first-order valence-electron chi connectivity index (χ1n) is 11.9. The Balaban J connectivity index is 1.41. The van der Waals surface area contributed by atoms with Gasteiger partial charge in [-0.25, -0.2) is 9.97 Å². The molecule has 0 aliphatic carbocycles. The number of rotatable bonds is 10. The van der Waals surface area contributed by atoms with Gasteiger partial charge in [0, 0.05) is 49.7 Å². The minimum Gasteiger partial charge on any atom is -0.376 e. The molecule has 1 unspecified atom stereocenters. The SMILES string of the molecule is CCCN(C)c1cc(-c2ccccc2)nc(SCc2ccc(C(=O)NCC3CCCO3)cc2)n1. The van der Waals surface area contributed by atoms with Gasteiger partial charge in [0.2, 0.25) is 0 Å². The molecule has 34 heavy (non-hydrogen) atoms. The fourth-order valence-electron chi connectivity index (χ4n) is 3.89. The summed E-state index contributed by atoms with van der Waals surface area (Å²) < 4.78 is 5.57. The summed E-state index contributed by atoms with van der Waals surface area (Å²) in [7, 11) is 2.07. The topological polar surface area (TPSA) is 67.4 Å². The number of carbonyl (C=O) groups is 1. The lowest BCUT2D eigenvalue weighted by Gasteiger charge is -2.18. The van der Waals surface area contributed by atoms with Crippen molar-refractivity contribution in [3.05, 3.63) is 71.8 Å². The number of aromatic nitrogens is 2. The van der Waals surface area contributed by atoms with Crippen LogP contribution in [0.5, 0.6) is 0 Å². The van der Waals surface area contributed by atoms with Gasteiger partial charge in [-0.15, -0.1) is 0 Å². The summed E-state index contributed by atoms with van der Waals surface area (Å²) in [6, 6.07) is 20.0. The van der Waals surface area contributed by atoms with E-state index in [1.54, 1.807) is 11.8 Å². The Morgan fingerprint density at radius 2 is 1.94 bits per heavy atom. The predicted octanol–water partition coefficient (Wildman–Crippen LogP) is 5.19. The lowest BCUT2D eigenvalue weighted by atomic mass is 10.1. The quantitative estimate of drug-likeness (QED) is 0.321. The van der Waals surface area contributed by atoms with E-state index in [0.29, 0.717) is 12.1 Å². The molecular weight excluding hydrogens is 444 g/mol. The number of benzene rings is 2. The van der Waals surface area contributed by atoms with Gasteiger partial charge >= 0.3 is 0 Å². The molecule has 0 saturated carbocycles. The summed E-state index contributed by atoms with van der Waals surface area (Å²) in [5.74, 6) is 1.60. The first-order chi connectivity index (χ1) is 16.6. The van der Waals surface area contributed by atoms with Crippen molar-refractivity contribution in [3.8, 4) is 11.3 Å². The van der Waals surface area contributed by atoms with Crippen molar-refractivity contribution in [2.75, 3.05) is 31.6 Å². The molecule has 1 N–H and O–H groups in total. The van der Waals surface area contributed by atoms with Crippen molar-refractivity contribution in [1.82, 2.24) is 15.3 Å². The summed E-state index contributed by atoms with van der Waals surface area (Å²) in [5, 5.41) is 3.72. The Bertz CT molecular complexity index is 1070. The van der Waals surface area contributed by atoms with Crippen LogP contribution in [0.4, 0.5) is 5.82 Å². The number of nitrogens with one attached hydrogen (secondary N) is 1. The molecule has 0 bridgehead atoms. The summed E-state index contributed by atoms with van der Waals surface area (Å²) in [5.41, 5.74) is 3.79. The molecule has 1 saturated heterocycles. The lowest BCUT2D eigenvalue weighted by Crippen LogP contribution is -2.31. The van der Waals surface area contributed by atoms with Crippen LogP contribution in [0, 0.1) is 0 Å². The molecule has 2 aromatic carbocycles. The Morgan fingerprint density at radius 3 is 2.65 bits per heavy atom.